The SMILES string of the molecule is C[C@@H]1CC[C@H]2C(COC=N[C@@]3(C(F)(F)F)O[C@@H]4O[C@]5(C)CCC6[C@H](C)CC[C@@H]([C@H]3C)[C@]64OO5)=C(C(F)(F)F)O[C@@H]3O[C@]4(C)CCC1[C@]32OO4. The van der Waals surface area contributed by atoms with E-state index in [1.54, 1.807) is 13.8 Å². The maximum absolute atomic E-state index is 15.3. The van der Waals surface area contributed by atoms with Crippen LogP contribution in [-0.2, 0) is 43.2 Å². The van der Waals surface area contributed by atoms with E-state index in [4.69, 9.17) is 43.2 Å². The molecule has 2 aliphatic carbocycles. The van der Waals surface area contributed by atoms with Crippen LogP contribution in [0.2, 0.25) is 0 Å². The zero-order valence-corrected chi connectivity index (χ0v) is 28.0. The number of nitrogens with zero attached hydrogens (tertiary/aromatic N) is 1. The topological polar surface area (TPSA) is 95.4 Å². The Bertz CT molecular complexity index is 1410. The average Bonchev–Trinajstić information content (AvgIpc) is 3.39. The Balaban J connectivity index is 1.12. The van der Waals surface area contributed by atoms with E-state index in [0.29, 0.717) is 51.3 Å². The van der Waals surface area contributed by atoms with Crippen molar-refractivity contribution < 1.29 is 69.6 Å². The van der Waals surface area contributed by atoms with Crippen molar-refractivity contribution in [2.75, 3.05) is 6.61 Å². The summed E-state index contributed by atoms with van der Waals surface area (Å²) in [4.78, 5) is 27.2. The van der Waals surface area contributed by atoms with Crippen molar-refractivity contribution in [1.82, 2.24) is 0 Å². The molecule has 2 saturated carbocycles. The van der Waals surface area contributed by atoms with Gasteiger partial charge in [-0.2, -0.15) is 26.3 Å². The molecule has 8 aliphatic heterocycles. The normalized spacial score (nSPS) is 52.3. The molecule has 8 heterocycles. The summed E-state index contributed by atoms with van der Waals surface area (Å²) in [7, 11) is 0. The van der Waals surface area contributed by atoms with Crippen LogP contribution in [0.4, 0.5) is 26.3 Å². The highest BCUT2D eigenvalue weighted by molar-refractivity contribution is 5.48. The highest BCUT2D eigenvalue weighted by Gasteiger charge is 2.77. The summed E-state index contributed by atoms with van der Waals surface area (Å²) in [5.74, 6) is -7.11. The van der Waals surface area contributed by atoms with E-state index in [1.165, 1.54) is 6.92 Å². The first kappa shape index (κ1) is 34.4. The first-order chi connectivity index (χ1) is 22.9. The third-order valence-electron chi connectivity index (χ3n) is 13.2. The summed E-state index contributed by atoms with van der Waals surface area (Å²) >= 11 is 0. The van der Waals surface area contributed by atoms with E-state index in [0.717, 1.165) is 0 Å². The van der Waals surface area contributed by atoms with Crippen LogP contribution >= 0.6 is 0 Å². The van der Waals surface area contributed by atoms with Gasteiger partial charge in [0.2, 0.25) is 23.6 Å². The van der Waals surface area contributed by atoms with Gasteiger partial charge < -0.3 is 23.7 Å². The van der Waals surface area contributed by atoms with Crippen molar-refractivity contribution in [2.24, 2.45) is 46.4 Å². The molecule has 0 aromatic heterocycles. The van der Waals surface area contributed by atoms with Crippen LogP contribution < -0.4 is 0 Å². The minimum Gasteiger partial charge on any atom is -0.479 e. The number of allylic oxidation sites excluding steroid dienone is 1. The van der Waals surface area contributed by atoms with Crippen molar-refractivity contribution in [3.05, 3.63) is 11.3 Å². The second-order valence-corrected chi connectivity index (χ2v) is 15.9. The largest absolute Gasteiger partial charge is 0.479 e. The minimum atomic E-state index is -5.05. The first-order valence-corrected chi connectivity index (χ1v) is 17.4. The zero-order chi connectivity index (χ0) is 35.0. The van der Waals surface area contributed by atoms with Crippen molar-refractivity contribution in [3.8, 4) is 0 Å². The number of alkyl halides is 6. The molecule has 2 unspecified atom stereocenters. The maximum atomic E-state index is 15.3. The van der Waals surface area contributed by atoms with Crippen LogP contribution in [0.3, 0.4) is 0 Å². The fourth-order valence-electron chi connectivity index (χ4n) is 10.6. The highest BCUT2D eigenvalue weighted by Crippen LogP contribution is 2.65. The molecule has 0 aromatic carbocycles. The van der Waals surface area contributed by atoms with Gasteiger partial charge in [0.05, 0.1) is 0 Å². The molecule has 10 aliphatic rings. The smallest absolute Gasteiger partial charge is 0.449 e. The molecule has 0 radical (unpaired) electrons. The molecule has 10 rings (SSSR count). The van der Waals surface area contributed by atoms with Gasteiger partial charge >= 0.3 is 12.4 Å². The van der Waals surface area contributed by atoms with Gasteiger partial charge in [0.15, 0.2) is 23.9 Å². The van der Waals surface area contributed by atoms with Gasteiger partial charge in [0.1, 0.15) is 6.61 Å². The lowest BCUT2D eigenvalue weighted by molar-refractivity contribution is -0.583. The third kappa shape index (κ3) is 4.75. The summed E-state index contributed by atoms with van der Waals surface area (Å²) in [6.45, 7) is 7.88. The van der Waals surface area contributed by atoms with Crippen LogP contribution in [0.15, 0.2) is 16.3 Å². The molecule has 9 fully saturated rings. The van der Waals surface area contributed by atoms with Crippen molar-refractivity contribution in [2.45, 2.75) is 139 Å². The molecular formula is C33H43F6NO9. The Morgan fingerprint density at radius 1 is 0.735 bits per heavy atom. The molecule has 16 heteroatoms. The van der Waals surface area contributed by atoms with Crippen LogP contribution in [0.25, 0.3) is 0 Å². The summed E-state index contributed by atoms with van der Waals surface area (Å²) in [5.41, 5.74) is -6.12. The molecule has 10 nitrogen and oxygen atoms in total. The Morgan fingerprint density at radius 3 is 1.96 bits per heavy atom. The summed E-state index contributed by atoms with van der Waals surface area (Å²) < 4.78 is 119. The summed E-state index contributed by atoms with van der Waals surface area (Å²) in [5, 5.41) is 0. The van der Waals surface area contributed by atoms with Crippen LogP contribution in [0.1, 0.15) is 86.0 Å². The minimum absolute atomic E-state index is 0.0616. The van der Waals surface area contributed by atoms with Gasteiger partial charge in [0, 0.05) is 42.1 Å². The Kier molecular flexibility index (Phi) is 7.67. The Labute approximate surface area is 279 Å². The van der Waals surface area contributed by atoms with Crippen molar-refractivity contribution in [3.63, 3.8) is 0 Å². The molecule has 4 bridgehead atoms. The number of fused-ring (bicyclic) bond motifs is 4. The molecule has 276 valence electrons. The van der Waals surface area contributed by atoms with Crippen molar-refractivity contribution in [1.29, 1.82) is 0 Å². The van der Waals surface area contributed by atoms with E-state index in [-0.39, 0.29) is 35.7 Å². The van der Waals surface area contributed by atoms with E-state index < -0.39 is 83.6 Å². The van der Waals surface area contributed by atoms with Gasteiger partial charge in [-0.1, -0.05) is 20.8 Å². The van der Waals surface area contributed by atoms with E-state index in [1.807, 2.05) is 13.8 Å². The predicted octanol–water partition coefficient (Wildman–Crippen LogP) is 7.23. The monoisotopic (exact) mass is 711 g/mol. The highest BCUT2D eigenvalue weighted by atomic mass is 19.4. The third-order valence-corrected chi connectivity index (χ3v) is 13.2. The molecule has 49 heavy (non-hydrogen) atoms. The molecule has 7 saturated heterocycles. The summed E-state index contributed by atoms with van der Waals surface area (Å²) in [6.07, 6.45) is -8.45. The predicted molar refractivity (Wildman–Crippen MR) is 153 cm³/mol. The number of ether oxygens (including phenoxy) is 5. The fourth-order valence-corrected chi connectivity index (χ4v) is 10.6. The maximum Gasteiger partial charge on any atom is 0.449 e. The first-order valence-electron chi connectivity index (χ1n) is 17.4. The number of aliphatic imine (C=N–C) groups is 1. The average molecular weight is 712 g/mol. The molecule has 0 aromatic rings. The van der Waals surface area contributed by atoms with Gasteiger partial charge in [-0.25, -0.2) is 24.5 Å². The van der Waals surface area contributed by atoms with E-state index in [2.05, 4.69) is 4.99 Å². The number of hydrogen-bond donors (Lipinski definition) is 0. The quantitative estimate of drug-likeness (QED) is 0.130. The Hall–Kier alpha value is -1.69. The van der Waals surface area contributed by atoms with Crippen molar-refractivity contribution >= 4 is 6.40 Å². The number of hydrogen-bond acceptors (Lipinski definition) is 10. The standard InChI is InChI=1S/C33H43F6NO9/c1-16-6-8-22-18(3)31(33(37,38)39,45-26-29(22)20(16)10-13-28(5,44-26)47-48-29)40-15-41-14-19-23-9-7-17(2)21-11-12-27(4)43-25(30(21,23)49-46-27)42-24(19)32(34,35)36/h15-18,20-23,25-26H,6-14H2,1-5H3/t16-,17-,18-,20?,21?,22+,23+,25-,26+,27+,28+,29-,30-,31-/m1/s1. The van der Waals surface area contributed by atoms with Gasteiger partial charge in [-0.05, 0) is 70.1 Å². The second-order valence-electron chi connectivity index (χ2n) is 15.9. The number of rotatable bonds is 4. The fraction of sp³-hybridized carbons (Fsp3) is 0.909. The van der Waals surface area contributed by atoms with Crippen LogP contribution in [0, 0.1) is 41.4 Å². The second kappa shape index (κ2) is 10.9. The Morgan fingerprint density at radius 2 is 1.33 bits per heavy atom. The molecular weight excluding hydrogens is 668 g/mol. The lowest BCUT2D eigenvalue weighted by Gasteiger charge is -2.62. The zero-order valence-electron chi connectivity index (χ0n) is 28.0. The van der Waals surface area contributed by atoms with Crippen LogP contribution in [-0.4, -0.2) is 66.4 Å². The lowest BCUT2D eigenvalue weighted by atomic mass is 9.56. The van der Waals surface area contributed by atoms with E-state index in [9.17, 15) is 13.2 Å². The lowest BCUT2D eigenvalue weighted by Crippen LogP contribution is -2.75. The van der Waals surface area contributed by atoms with Gasteiger partial charge in [-0.3, -0.25) is 0 Å². The summed E-state index contributed by atoms with van der Waals surface area (Å²) in [6, 6.07) is 0. The van der Waals surface area contributed by atoms with Crippen LogP contribution in [0.5, 0.6) is 0 Å². The number of halogens is 6. The molecule has 2 spiro atoms. The van der Waals surface area contributed by atoms with E-state index >= 15 is 13.2 Å². The molecule has 0 amide bonds. The van der Waals surface area contributed by atoms with Gasteiger partial charge in [-0.15, -0.1) is 0 Å². The van der Waals surface area contributed by atoms with Gasteiger partial charge in [0.25, 0.3) is 5.72 Å². The molecule has 0 N–H and O–H groups in total. The molecule has 14 atom stereocenters.